The molecule has 2 nitrogen and oxygen atoms in total. The Morgan fingerprint density at radius 1 is 1.10 bits per heavy atom. The van der Waals surface area contributed by atoms with Gasteiger partial charge >= 0.3 is 0 Å². The van der Waals surface area contributed by atoms with Crippen molar-refractivity contribution in [1.82, 2.24) is 10.2 Å². The zero-order chi connectivity index (χ0) is 15.1. The SMILES string of the molecule is CCNCC1(CN2CCCCCC2CC)CCCC(C)C1. The molecule has 1 heterocycles. The maximum absolute atomic E-state index is 3.69. The molecule has 21 heavy (non-hydrogen) atoms. The van der Waals surface area contributed by atoms with Crippen LogP contribution in [-0.4, -0.2) is 37.1 Å². The summed E-state index contributed by atoms with van der Waals surface area (Å²) in [5.41, 5.74) is 0.547. The first kappa shape index (κ1) is 17.3. The number of likely N-dealkylation sites (tertiary alicyclic amines) is 1. The maximum atomic E-state index is 3.69. The normalized spacial score (nSPS) is 35.6. The molecule has 1 saturated carbocycles. The van der Waals surface area contributed by atoms with Gasteiger partial charge in [-0.25, -0.2) is 0 Å². The number of hydrogen-bond acceptors (Lipinski definition) is 2. The van der Waals surface area contributed by atoms with Crippen LogP contribution in [0.3, 0.4) is 0 Å². The van der Waals surface area contributed by atoms with Gasteiger partial charge in [0.2, 0.25) is 0 Å². The Kier molecular flexibility index (Phi) is 7.01. The lowest BCUT2D eigenvalue weighted by atomic mass is 9.69. The van der Waals surface area contributed by atoms with E-state index in [0.717, 1.165) is 18.5 Å². The predicted molar refractivity (Wildman–Crippen MR) is 92.7 cm³/mol. The summed E-state index contributed by atoms with van der Waals surface area (Å²) in [6.07, 6.45) is 12.9. The highest BCUT2D eigenvalue weighted by Gasteiger charge is 2.37. The van der Waals surface area contributed by atoms with Gasteiger partial charge in [-0.05, 0) is 56.5 Å². The molecule has 0 aromatic carbocycles. The summed E-state index contributed by atoms with van der Waals surface area (Å²) < 4.78 is 0. The molecule has 0 spiro atoms. The molecule has 1 aliphatic heterocycles. The average molecular weight is 295 g/mol. The fraction of sp³-hybridized carbons (Fsp3) is 1.00. The minimum atomic E-state index is 0.547. The molecule has 124 valence electrons. The first-order chi connectivity index (χ1) is 10.2. The van der Waals surface area contributed by atoms with E-state index in [1.807, 2.05) is 0 Å². The van der Waals surface area contributed by atoms with Crippen molar-refractivity contribution in [3.05, 3.63) is 0 Å². The largest absolute Gasteiger partial charge is 0.316 e. The quantitative estimate of drug-likeness (QED) is 0.778. The van der Waals surface area contributed by atoms with Crippen LogP contribution in [-0.2, 0) is 0 Å². The Morgan fingerprint density at radius 3 is 2.67 bits per heavy atom. The van der Waals surface area contributed by atoms with Gasteiger partial charge in [0.15, 0.2) is 0 Å². The van der Waals surface area contributed by atoms with E-state index in [1.165, 1.54) is 77.4 Å². The van der Waals surface area contributed by atoms with Gasteiger partial charge in [0.05, 0.1) is 0 Å². The molecule has 2 fully saturated rings. The van der Waals surface area contributed by atoms with Crippen LogP contribution in [0.25, 0.3) is 0 Å². The van der Waals surface area contributed by atoms with Crippen LogP contribution in [0.2, 0.25) is 0 Å². The second-order valence-electron chi connectivity index (χ2n) is 7.86. The Labute approximate surface area is 133 Å². The zero-order valence-electron chi connectivity index (χ0n) is 14.8. The highest BCUT2D eigenvalue weighted by Crippen LogP contribution is 2.40. The topological polar surface area (TPSA) is 15.3 Å². The van der Waals surface area contributed by atoms with Crippen LogP contribution in [0.1, 0.15) is 78.6 Å². The molecule has 3 atom stereocenters. The van der Waals surface area contributed by atoms with Gasteiger partial charge in [-0.2, -0.15) is 0 Å². The molecule has 0 aromatic rings. The summed E-state index contributed by atoms with van der Waals surface area (Å²) in [6, 6.07) is 0.850. The van der Waals surface area contributed by atoms with Crippen molar-refractivity contribution in [1.29, 1.82) is 0 Å². The molecule has 0 amide bonds. The summed E-state index contributed by atoms with van der Waals surface area (Å²) >= 11 is 0. The van der Waals surface area contributed by atoms with Gasteiger partial charge < -0.3 is 5.32 Å². The molecule has 0 aromatic heterocycles. The number of hydrogen-bond donors (Lipinski definition) is 1. The Bertz CT molecular complexity index is 291. The van der Waals surface area contributed by atoms with Crippen LogP contribution in [0, 0.1) is 11.3 Å². The van der Waals surface area contributed by atoms with Crippen LogP contribution in [0.5, 0.6) is 0 Å². The first-order valence-corrected chi connectivity index (χ1v) is 9.64. The van der Waals surface area contributed by atoms with E-state index in [0.29, 0.717) is 5.41 Å². The van der Waals surface area contributed by atoms with E-state index < -0.39 is 0 Å². The Balaban J connectivity index is 2.04. The van der Waals surface area contributed by atoms with E-state index >= 15 is 0 Å². The van der Waals surface area contributed by atoms with Crippen molar-refractivity contribution in [3.8, 4) is 0 Å². The highest BCUT2D eigenvalue weighted by atomic mass is 15.2. The highest BCUT2D eigenvalue weighted by molar-refractivity contribution is 4.91. The monoisotopic (exact) mass is 294 g/mol. The number of rotatable bonds is 6. The summed E-state index contributed by atoms with van der Waals surface area (Å²) in [5, 5.41) is 3.69. The van der Waals surface area contributed by atoms with Crippen molar-refractivity contribution >= 4 is 0 Å². The van der Waals surface area contributed by atoms with E-state index in [9.17, 15) is 0 Å². The molecule has 1 saturated heterocycles. The Hall–Kier alpha value is -0.0800. The van der Waals surface area contributed by atoms with Crippen molar-refractivity contribution in [3.63, 3.8) is 0 Å². The molecule has 2 rings (SSSR count). The fourth-order valence-electron chi connectivity index (χ4n) is 4.86. The standard InChI is InChI=1S/C19H38N2/c1-4-18-11-7-6-8-13-21(18)16-19(15-20-5-2)12-9-10-17(3)14-19/h17-18,20H,4-16H2,1-3H3. The lowest BCUT2D eigenvalue weighted by Gasteiger charge is -2.45. The van der Waals surface area contributed by atoms with E-state index in [1.54, 1.807) is 0 Å². The van der Waals surface area contributed by atoms with Crippen molar-refractivity contribution in [2.24, 2.45) is 11.3 Å². The van der Waals surface area contributed by atoms with Crippen LogP contribution >= 0.6 is 0 Å². The molecule has 0 bridgehead atoms. The Morgan fingerprint density at radius 2 is 1.95 bits per heavy atom. The minimum absolute atomic E-state index is 0.547. The smallest absolute Gasteiger partial charge is 0.00928 e. The second-order valence-corrected chi connectivity index (χ2v) is 7.86. The van der Waals surface area contributed by atoms with Gasteiger partial charge in [-0.15, -0.1) is 0 Å². The van der Waals surface area contributed by atoms with Gasteiger partial charge in [0.25, 0.3) is 0 Å². The average Bonchev–Trinajstić information content (AvgIpc) is 2.70. The molecule has 0 radical (unpaired) electrons. The van der Waals surface area contributed by atoms with E-state index in [-0.39, 0.29) is 0 Å². The fourth-order valence-corrected chi connectivity index (χ4v) is 4.86. The summed E-state index contributed by atoms with van der Waals surface area (Å²) in [4.78, 5) is 2.88. The molecule has 1 aliphatic carbocycles. The zero-order valence-corrected chi connectivity index (χ0v) is 14.8. The molecular formula is C19H38N2. The van der Waals surface area contributed by atoms with Gasteiger partial charge in [-0.3, -0.25) is 4.90 Å². The van der Waals surface area contributed by atoms with Crippen molar-refractivity contribution in [2.75, 3.05) is 26.2 Å². The molecular weight excluding hydrogens is 256 g/mol. The summed E-state index contributed by atoms with van der Waals surface area (Å²) in [7, 11) is 0. The summed E-state index contributed by atoms with van der Waals surface area (Å²) in [6.45, 7) is 12.2. The molecule has 3 unspecified atom stereocenters. The third-order valence-electron chi connectivity index (χ3n) is 5.94. The third-order valence-corrected chi connectivity index (χ3v) is 5.94. The van der Waals surface area contributed by atoms with E-state index in [4.69, 9.17) is 0 Å². The molecule has 2 heteroatoms. The molecule has 1 N–H and O–H groups in total. The lowest BCUT2D eigenvalue weighted by molar-refractivity contribution is 0.0578. The predicted octanol–water partition coefficient (Wildman–Crippen LogP) is 4.45. The van der Waals surface area contributed by atoms with Crippen molar-refractivity contribution < 1.29 is 0 Å². The first-order valence-electron chi connectivity index (χ1n) is 9.64. The number of nitrogens with zero attached hydrogens (tertiary/aromatic N) is 1. The van der Waals surface area contributed by atoms with Crippen LogP contribution in [0.15, 0.2) is 0 Å². The third kappa shape index (κ3) is 4.96. The molecule has 2 aliphatic rings. The lowest BCUT2D eigenvalue weighted by Crippen LogP contribution is -2.49. The summed E-state index contributed by atoms with van der Waals surface area (Å²) in [5.74, 6) is 0.921. The minimum Gasteiger partial charge on any atom is -0.316 e. The van der Waals surface area contributed by atoms with Gasteiger partial charge in [0.1, 0.15) is 0 Å². The van der Waals surface area contributed by atoms with Gasteiger partial charge in [-0.1, -0.05) is 46.5 Å². The number of nitrogens with one attached hydrogen (secondary N) is 1. The van der Waals surface area contributed by atoms with Crippen molar-refractivity contribution in [2.45, 2.75) is 84.6 Å². The van der Waals surface area contributed by atoms with E-state index in [2.05, 4.69) is 31.0 Å². The van der Waals surface area contributed by atoms with Crippen LogP contribution < -0.4 is 5.32 Å². The van der Waals surface area contributed by atoms with Gasteiger partial charge in [0, 0.05) is 19.1 Å². The second kappa shape index (κ2) is 8.53. The van der Waals surface area contributed by atoms with Crippen LogP contribution in [0.4, 0.5) is 0 Å². The maximum Gasteiger partial charge on any atom is 0.00928 e.